The molecule has 1 aromatic carbocycles. The Labute approximate surface area is 119 Å². The molecule has 1 heterocycles. The summed E-state index contributed by atoms with van der Waals surface area (Å²) in [5.74, 6) is 0.797. The summed E-state index contributed by atoms with van der Waals surface area (Å²) in [5.41, 5.74) is 4.53. The predicted octanol–water partition coefficient (Wildman–Crippen LogP) is 2.69. The normalized spacial score (nSPS) is 12.2. The van der Waals surface area contributed by atoms with Gasteiger partial charge in [-0.3, -0.25) is 0 Å². The summed E-state index contributed by atoms with van der Waals surface area (Å²) in [4.78, 5) is 0. The van der Waals surface area contributed by atoms with Crippen LogP contribution in [0.2, 0.25) is 0 Å². The topological polar surface area (TPSA) is 55.2 Å². The minimum absolute atomic E-state index is 0.497. The van der Waals surface area contributed by atoms with Crippen molar-refractivity contribution in [1.29, 1.82) is 0 Å². The van der Waals surface area contributed by atoms with Crippen LogP contribution in [0, 0.1) is 20.8 Å². The third-order valence-electron chi connectivity index (χ3n) is 3.35. The van der Waals surface area contributed by atoms with Crippen molar-refractivity contribution in [2.24, 2.45) is 0 Å². The molecule has 0 aliphatic rings. The van der Waals surface area contributed by atoms with Crippen LogP contribution in [0.15, 0.2) is 24.3 Å². The molecular formula is C16H20N2O2. The number of benzene rings is 1. The predicted molar refractivity (Wildman–Crippen MR) is 77.9 cm³/mol. The van der Waals surface area contributed by atoms with Crippen LogP contribution in [0.5, 0.6) is 5.75 Å². The molecule has 0 aliphatic heterocycles. The first-order valence-corrected chi connectivity index (χ1v) is 6.63. The van der Waals surface area contributed by atoms with Gasteiger partial charge in [0.1, 0.15) is 5.75 Å². The van der Waals surface area contributed by atoms with Crippen LogP contribution >= 0.6 is 0 Å². The highest BCUT2D eigenvalue weighted by Crippen LogP contribution is 2.27. The van der Waals surface area contributed by atoms with Crippen LogP contribution in [-0.4, -0.2) is 22.4 Å². The molecule has 1 aromatic heterocycles. The highest BCUT2D eigenvalue weighted by atomic mass is 16.5. The van der Waals surface area contributed by atoms with Crippen LogP contribution in [0.4, 0.5) is 0 Å². The highest BCUT2D eigenvalue weighted by Gasteiger charge is 2.15. The third-order valence-corrected chi connectivity index (χ3v) is 3.35. The van der Waals surface area contributed by atoms with Gasteiger partial charge in [0.15, 0.2) is 0 Å². The molecule has 0 radical (unpaired) electrons. The quantitative estimate of drug-likeness (QED) is 0.929. The third kappa shape index (κ3) is 3.14. The fourth-order valence-corrected chi connectivity index (χ4v) is 2.29. The molecular weight excluding hydrogens is 252 g/mol. The Hall–Kier alpha value is -1.94. The Morgan fingerprint density at radius 1 is 1.15 bits per heavy atom. The van der Waals surface area contributed by atoms with Gasteiger partial charge in [0.25, 0.3) is 0 Å². The molecule has 0 aliphatic carbocycles. The average Bonchev–Trinajstić information content (AvgIpc) is 2.41. The number of aliphatic hydroxyl groups is 1. The van der Waals surface area contributed by atoms with Crippen LogP contribution < -0.4 is 4.74 Å². The fraction of sp³-hybridized carbons (Fsp3) is 0.375. The number of nitrogens with zero attached hydrogens (tertiary/aromatic N) is 2. The number of aryl methyl sites for hydroxylation is 3. The molecule has 1 atom stereocenters. The van der Waals surface area contributed by atoms with Crippen molar-refractivity contribution in [2.75, 3.05) is 7.11 Å². The molecule has 0 saturated carbocycles. The number of methoxy groups -OCH3 is 1. The van der Waals surface area contributed by atoms with Crippen molar-refractivity contribution in [3.05, 3.63) is 52.3 Å². The maximum absolute atomic E-state index is 10.5. The van der Waals surface area contributed by atoms with Crippen molar-refractivity contribution in [2.45, 2.75) is 33.3 Å². The second-order valence-corrected chi connectivity index (χ2v) is 5.06. The van der Waals surface area contributed by atoms with E-state index in [1.54, 1.807) is 7.11 Å². The SMILES string of the molecule is COc1ccc(C)cc1CC(O)c1cc(C)nnc1C. The summed E-state index contributed by atoms with van der Waals surface area (Å²) < 4.78 is 5.35. The summed E-state index contributed by atoms with van der Waals surface area (Å²) in [6.07, 6.45) is -0.114. The number of aliphatic hydroxyl groups excluding tert-OH is 1. The Bertz CT molecular complexity index is 611. The lowest BCUT2D eigenvalue weighted by molar-refractivity contribution is 0.175. The van der Waals surface area contributed by atoms with E-state index < -0.39 is 6.10 Å². The molecule has 1 N–H and O–H groups in total. The minimum Gasteiger partial charge on any atom is -0.496 e. The summed E-state index contributed by atoms with van der Waals surface area (Å²) in [5, 5.41) is 18.5. The first-order valence-electron chi connectivity index (χ1n) is 6.63. The van der Waals surface area contributed by atoms with E-state index in [4.69, 9.17) is 4.74 Å². The molecule has 0 saturated heterocycles. The smallest absolute Gasteiger partial charge is 0.122 e. The molecule has 4 heteroatoms. The molecule has 106 valence electrons. The second kappa shape index (κ2) is 6.01. The van der Waals surface area contributed by atoms with Crippen molar-refractivity contribution in [3.8, 4) is 5.75 Å². The van der Waals surface area contributed by atoms with Gasteiger partial charge >= 0.3 is 0 Å². The molecule has 0 spiro atoms. The monoisotopic (exact) mass is 272 g/mol. The maximum Gasteiger partial charge on any atom is 0.122 e. The summed E-state index contributed by atoms with van der Waals surface area (Å²) in [7, 11) is 1.64. The van der Waals surface area contributed by atoms with E-state index in [0.29, 0.717) is 6.42 Å². The van der Waals surface area contributed by atoms with E-state index in [9.17, 15) is 5.11 Å². The van der Waals surface area contributed by atoms with Gasteiger partial charge < -0.3 is 9.84 Å². The lowest BCUT2D eigenvalue weighted by Crippen LogP contribution is -2.08. The second-order valence-electron chi connectivity index (χ2n) is 5.06. The zero-order valence-corrected chi connectivity index (χ0v) is 12.3. The zero-order chi connectivity index (χ0) is 14.7. The lowest BCUT2D eigenvalue weighted by Gasteiger charge is -2.16. The van der Waals surface area contributed by atoms with Crippen molar-refractivity contribution in [1.82, 2.24) is 10.2 Å². The molecule has 20 heavy (non-hydrogen) atoms. The summed E-state index contributed by atoms with van der Waals surface area (Å²) >= 11 is 0. The van der Waals surface area contributed by atoms with Gasteiger partial charge in [-0.05, 0) is 38.5 Å². The van der Waals surface area contributed by atoms with E-state index in [1.807, 2.05) is 45.0 Å². The average molecular weight is 272 g/mol. The number of hydrogen-bond acceptors (Lipinski definition) is 4. The van der Waals surface area contributed by atoms with Crippen LogP contribution in [0.1, 0.15) is 34.2 Å². The zero-order valence-electron chi connectivity index (χ0n) is 12.3. The molecule has 2 aromatic rings. The largest absolute Gasteiger partial charge is 0.496 e. The number of ether oxygens (including phenoxy) is 1. The van der Waals surface area contributed by atoms with E-state index in [-0.39, 0.29) is 0 Å². The van der Waals surface area contributed by atoms with Gasteiger partial charge in [-0.15, -0.1) is 0 Å². The van der Waals surface area contributed by atoms with E-state index in [0.717, 1.165) is 33.8 Å². The van der Waals surface area contributed by atoms with Crippen molar-refractivity contribution >= 4 is 0 Å². The molecule has 0 amide bonds. The van der Waals surface area contributed by atoms with Gasteiger partial charge in [-0.25, -0.2) is 0 Å². The van der Waals surface area contributed by atoms with E-state index in [1.165, 1.54) is 0 Å². The molecule has 0 bridgehead atoms. The Kier molecular flexibility index (Phi) is 4.35. The highest BCUT2D eigenvalue weighted by molar-refractivity contribution is 5.38. The summed E-state index contributed by atoms with van der Waals surface area (Å²) in [6, 6.07) is 7.85. The first kappa shape index (κ1) is 14.5. The van der Waals surface area contributed by atoms with Crippen LogP contribution in [-0.2, 0) is 6.42 Å². The lowest BCUT2D eigenvalue weighted by atomic mass is 9.98. The van der Waals surface area contributed by atoms with Crippen LogP contribution in [0.25, 0.3) is 0 Å². The molecule has 0 fully saturated rings. The number of aromatic nitrogens is 2. The Morgan fingerprint density at radius 3 is 2.60 bits per heavy atom. The van der Waals surface area contributed by atoms with Gasteiger partial charge in [-0.2, -0.15) is 10.2 Å². The number of hydrogen-bond donors (Lipinski definition) is 1. The van der Waals surface area contributed by atoms with Crippen molar-refractivity contribution < 1.29 is 9.84 Å². The molecule has 1 unspecified atom stereocenters. The van der Waals surface area contributed by atoms with Gasteiger partial charge in [0.05, 0.1) is 24.6 Å². The van der Waals surface area contributed by atoms with Gasteiger partial charge in [0, 0.05) is 12.0 Å². The summed E-state index contributed by atoms with van der Waals surface area (Å²) in [6.45, 7) is 5.76. The molecule has 4 nitrogen and oxygen atoms in total. The van der Waals surface area contributed by atoms with Gasteiger partial charge in [-0.1, -0.05) is 17.7 Å². The van der Waals surface area contributed by atoms with Gasteiger partial charge in [0.2, 0.25) is 0 Å². The number of rotatable bonds is 4. The van der Waals surface area contributed by atoms with E-state index in [2.05, 4.69) is 10.2 Å². The standard InChI is InChI=1S/C16H20N2O2/c1-10-5-6-16(20-4)13(7-10)9-15(19)14-8-11(2)17-18-12(14)3/h5-8,15,19H,9H2,1-4H3. The Balaban J connectivity index is 2.29. The van der Waals surface area contributed by atoms with Crippen molar-refractivity contribution in [3.63, 3.8) is 0 Å². The Morgan fingerprint density at radius 2 is 1.90 bits per heavy atom. The maximum atomic E-state index is 10.5. The van der Waals surface area contributed by atoms with E-state index >= 15 is 0 Å². The minimum atomic E-state index is -0.611. The van der Waals surface area contributed by atoms with Crippen LogP contribution in [0.3, 0.4) is 0 Å². The molecule has 2 rings (SSSR count). The first-order chi connectivity index (χ1) is 9.51. The fourth-order valence-electron chi connectivity index (χ4n) is 2.29.